The number of aromatic nitrogens is 2. The second kappa shape index (κ2) is 5.47. The minimum absolute atomic E-state index is 0.0367. The van der Waals surface area contributed by atoms with Crippen molar-refractivity contribution in [1.29, 1.82) is 0 Å². The zero-order valence-electron chi connectivity index (χ0n) is 12.6. The number of carbonyl (C=O) groups excluding carboxylic acids is 1. The largest absolute Gasteiger partial charge is 0.335 e. The Kier molecular flexibility index (Phi) is 3.45. The summed E-state index contributed by atoms with van der Waals surface area (Å²) >= 11 is 1.72. The maximum absolute atomic E-state index is 13.0. The Hall–Kier alpha value is -1.75. The minimum Gasteiger partial charge on any atom is -0.335 e. The van der Waals surface area contributed by atoms with Gasteiger partial charge in [-0.15, -0.1) is 11.8 Å². The van der Waals surface area contributed by atoms with Gasteiger partial charge in [0.15, 0.2) is 0 Å². The number of nitrogens with zero attached hydrogens (tertiary/aromatic N) is 3. The van der Waals surface area contributed by atoms with Gasteiger partial charge in [0.2, 0.25) is 5.91 Å². The van der Waals surface area contributed by atoms with Gasteiger partial charge in [0.1, 0.15) is 0 Å². The van der Waals surface area contributed by atoms with E-state index in [9.17, 15) is 4.79 Å². The van der Waals surface area contributed by atoms with Crippen LogP contribution in [0, 0.1) is 0 Å². The molecule has 1 aromatic carbocycles. The first-order chi connectivity index (χ1) is 10.7. The van der Waals surface area contributed by atoms with Crippen molar-refractivity contribution in [3.05, 3.63) is 47.8 Å². The average Bonchev–Trinajstić information content (AvgIpc) is 3.24. The Bertz CT molecular complexity index is 686. The number of carbonyl (C=O) groups is 1. The molecule has 0 spiro atoms. The summed E-state index contributed by atoms with van der Waals surface area (Å²) in [6.07, 6.45) is 6.91. The van der Waals surface area contributed by atoms with Crippen molar-refractivity contribution in [2.75, 3.05) is 6.54 Å². The van der Waals surface area contributed by atoms with E-state index in [1.807, 2.05) is 30.2 Å². The van der Waals surface area contributed by atoms with E-state index in [4.69, 9.17) is 0 Å². The first kappa shape index (κ1) is 13.9. The van der Waals surface area contributed by atoms with Crippen molar-refractivity contribution in [2.45, 2.75) is 35.4 Å². The SMILES string of the molecule is Cn1cc([C@H]2CCCN2C(=O)[C@H]2Cc3ccccc3S2)cn1. The molecule has 2 aliphatic rings. The number of thioether (sulfide) groups is 1. The lowest BCUT2D eigenvalue weighted by atomic mass is 10.1. The maximum atomic E-state index is 13.0. The summed E-state index contributed by atoms with van der Waals surface area (Å²) in [5.41, 5.74) is 2.47. The predicted octanol–water partition coefficient (Wildman–Crippen LogP) is 2.80. The van der Waals surface area contributed by atoms with Gasteiger partial charge in [-0.05, 0) is 30.9 Å². The van der Waals surface area contributed by atoms with E-state index in [0.717, 1.165) is 31.4 Å². The van der Waals surface area contributed by atoms with Gasteiger partial charge in [0.25, 0.3) is 0 Å². The zero-order chi connectivity index (χ0) is 15.1. The van der Waals surface area contributed by atoms with Gasteiger partial charge in [-0.25, -0.2) is 0 Å². The molecule has 1 aromatic heterocycles. The summed E-state index contributed by atoms with van der Waals surface area (Å²) in [6, 6.07) is 8.56. The number of benzene rings is 1. The molecule has 1 fully saturated rings. The van der Waals surface area contributed by atoms with Crippen molar-refractivity contribution in [3.8, 4) is 0 Å². The quantitative estimate of drug-likeness (QED) is 0.856. The van der Waals surface area contributed by atoms with E-state index < -0.39 is 0 Å². The van der Waals surface area contributed by atoms with Crippen LogP contribution in [0.15, 0.2) is 41.6 Å². The highest BCUT2D eigenvalue weighted by Crippen LogP contribution is 2.40. The highest BCUT2D eigenvalue weighted by atomic mass is 32.2. The normalized spacial score (nSPS) is 23.8. The van der Waals surface area contributed by atoms with Crippen LogP contribution < -0.4 is 0 Å². The first-order valence-electron chi connectivity index (χ1n) is 7.76. The van der Waals surface area contributed by atoms with Gasteiger partial charge in [0, 0.05) is 30.2 Å². The third-order valence-corrected chi connectivity index (χ3v) is 5.87. The number of hydrogen-bond donors (Lipinski definition) is 0. The van der Waals surface area contributed by atoms with E-state index in [0.29, 0.717) is 0 Å². The monoisotopic (exact) mass is 313 g/mol. The molecule has 5 heteroatoms. The second-order valence-electron chi connectivity index (χ2n) is 6.06. The fraction of sp³-hybridized carbons (Fsp3) is 0.412. The van der Waals surface area contributed by atoms with Gasteiger partial charge < -0.3 is 4.90 Å². The molecule has 2 aromatic rings. The van der Waals surface area contributed by atoms with Crippen molar-refractivity contribution >= 4 is 17.7 Å². The Balaban J connectivity index is 1.53. The second-order valence-corrected chi connectivity index (χ2v) is 7.30. The number of rotatable bonds is 2. The summed E-state index contributed by atoms with van der Waals surface area (Å²) in [6.45, 7) is 0.867. The molecule has 0 saturated carbocycles. The molecule has 0 aliphatic carbocycles. The van der Waals surface area contributed by atoms with Crippen LogP contribution in [-0.2, 0) is 18.3 Å². The molecule has 4 nitrogen and oxygen atoms in total. The third-order valence-electron chi connectivity index (χ3n) is 4.57. The van der Waals surface area contributed by atoms with Crippen molar-refractivity contribution in [1.82, 2.24) is 14.7 Å². The number of fused-ring (bicyclic) bond motifs is 1. The average molecular weight is 313 g/mol. The molecular formula is C17H19N3OS. The molecule has 0 unspecified atom stereocenters. The van der Waals surface area contributed by atoms with Crippen LogP contribution in [0.3, 0.4) is 0 Å². The Morgan fingerprint density at radius 3 is 3.00 bits per heavy atom. The fourth-order valence-electron chi connectivity index (χ4n) is 3.49. The van der Waals surface area contributed by atoms with E-state index >= 15 is 0 Å². The summed E-state index contributed by atoms with van der Waals surface area (Å²) in [5.74, 6) is 0.285. The van der Waals surface area contributed by atoms with Crippen LogP contribution in [-0.4, -0.2) is 32.4 Å². The maximum Gasteiger partial charge on any atom is 0.236 e. The van der Waals surface area contributed by atoms with Gasteiger partial charge in [-0.2, -0.15) is 5.10 Å². The smallest absolute Gasteiger partial charge is 0.236 e. The molecule has 2 atom stereocenters. The number of hydrogen-bond acceptors (Lipinski definition) is 3. The van der Waals surface area contributed by atoms with E-state index in [-0.39, 0.29) is 17.2 Å². The van der Waals surface area contributed by atoms with Crippen LogP contribution in [0.4, 0.5) is 0 Å². The lowest BCUT2D eigenvalue weighted by Crippen LogP contribution is -2.37. The van der Waals surface area contributed by atoms with Crippen LogP contribution in [0.25, 0.3) is 0 Å². The standard InChI is InChI=1S/C17H19N3OS/c1-19-11-13(10-18-19)14-6-4-8-20(14)17(21)16-9-12-5-2-3-7-15(12)22-16/h2-3,5,7,10-11,14,16H,4,6,8-9H2,1H3/t14-,16-/m1/s1. The minimum atomic E-state index is 0.0367. The van der Waals surface area contributed by atoms with Crippen LogP contribution in [0.1, 0.15) is 30.0 Å². The molecular weight excluding hydrogens is 294 g/mol. The van der Waals surface area contributed by atoms with Crippen LogP contribution in [0.2, 0.25) is 0 Å². The van der Waals surface area contributed by atoms with Gasteiger partial charge >= 0.3 is 0 Å². The van der Waals surface area contributed by atoms with E-state index in [1.165, 1.54) is 10.5 Å². The summed E-state index contributed by atoms with van der Waals surface area (Å²) in [7, 11) is 1.92. The fourth-order valence-corrected chi connectivity index (χ4v) is 4.76. The molecule has 0 bridgehead atoms. The highest BCUT2D eigenvalue weighted by Gasteiger charge is 2.37. The van der Waals surface area contributed by atoms with Crippen molar-refractivity contribution in [3.63, 3.8) is 0 Å². The zero-order valence-corrected chi connectivity index (χ0v) is 13.4. The lowest BCUT2D eigenvalue weighted by Gasteiger charge is -2.26. The molecule has 22 heavy (non-hydrogen) atoms. The summed E-state index contributed by atoms with van der Waals surface area (Å²) in [5, 5.41) is 4.30. The van der Waals surface area contributed by atoms with Crippen molar-refractivity contribution < 1.29 is 4.79 Å². The van der Waals surface area contributed by atoms with Gasteiger partial charge in [-0.3, -0.25) is 9.48 Å². The Morgan fingerprint density at radius 1 is 1.36 bits per heavy atom. The molecule has 4 rings (SSSR count). The third kappa shape index (κ3) is 2.33. The van der Waals surface area contributed by atoms with E-state index in [2.05, 4.69) is 28.2 Å². The molecule has 0 N–H and O–H groups in total. The molecule has 3 heterocycles. The Morgan fingerprint density at radius 2 is 2.23 bits per heavy atom. The van der Waals surface area contributed by atoms with Crippen LogP contribution >= 0.6 is 11.8 Å². The van der Waals surface area contributed by atoms with E-state index in [1.54, 1.807) is 11.8 Å². The van der Waals surface area contributed by atoms with Gasteiger partial charge in [0.05, 0.1) is 17.5 Å². The molecule has 114 valence electrons. The number of aryl methyl sites for hydroxylation is 1. The predicted molar refractivity (Wildman–Crippen MR) is 86.7 cm³/mol. The molecule has 1 saturated heterocycles. The van der Waals surface area contributed by atoms with Crippen molar-refractivity contribution in [2.24, 2.45) is 7.05 Å². The van der Waals surface area contributed by atoms with Crippen LogP contribution in [0.5, 0.6) is 0 Å². The number of likely N-dealkylation sites (tertiary alicyclic amines) is 1. The summed E-state index contributed by atoms with van der Waals surface area (Å²) < 4.78 is 1.82. The molecule has 0 radical (unpaired) electrons. The molecule has 2 aliphatic heterocycles. The first-order valence-corrected chi connectivity index (χ1v) is 8.64. The lowest BCUT2D eigenvalue weighted by molar-refractivity contribution is -0.131. The number of amides is 1. The summed E-state index contributed by atoms with van der Waals surface area (Å²) in [4.78, 5) is 16.3. The Labute approximate surface area is 134 Å². The highest BCUT2D eigenvalue weighted by molar-refractivity contribution is 8.01. The topological polar surface area (TPSA) is 38.1 Å². The van der Waals surface area contributed by atoms with Gasteiger partial charge in [-0.1, -0.05) is 18.2 Å². The molecule has 1 amide bonds.